The van der Waals surface area contributed by atoms with Crippen LogP contribution in [0.4, 0.5) is 13.2 Å². The van der Waals surface area contributed by atoms with E-state index in [-0.39, 0.29) is 6.42 Å². The van der Waals surface area contributed by atoms with Gasteiger partial charge < -0.3 is 15.2 Å². The van der Waals surface area contributed by atoms with E-state index in [1.54, 1.807) is 0 Å². The fourth-order valence-corrected chi connectivity index (χ4v) is 1.99. The van der Waals surface area contributed by atoms with Crippen molar-refractivity contribution >= 4 is 0 Å². The van der Waals surface area contributed by atoms with E-state index < -0.39 is 18.7 Å². The number of unbranched alkanes of at least 4 members (excludes halogenated alkanes) is 1. The molecule has 7 heteroatoms. The van der Waals surface area contributed by atoms with Crippen LogP contribution in [0.25, 0.3) is 0 Å². The molecule has 0 aromatic carbocycles. The molecule has 1 rings (SSSR count). The summed E-state index contributed by atoms with van der Waals surface area (Å²) < 4.78 is 40.8. The third-order valence-electron chi connectivity index (χ3n) is 3.02. The first-order valence-electron chi connectivity index (χ1n) is 6.73. The topological polar surface area (TPSA) is 44.7 Å². The first-order chi connectivity index (χ1) is 8.97. The molecule has 0 bridgehead atoms. The number of alkyl halides is 3. The minimum absolute atomic E-state index is 0.135. The fourth-order valence-electron chi connectivity index (χ4n) is 1.99. The Morgan fingerprint density at radius 3 is 2.53 bits per heavy atom. The smallest absolute Gasteiger partial charge is 0.389 e. The second-order valence-corrected chi connectivity index (χ2v) is 4.84. The zero-order chi connectivity index (χ0) is 14.1. The molecular formula is C12H23F3N2O2. The molecule has 1 aliphatic heterocycles. The van der Waals surface area contributed by atoms with Crippen molar-refractivity contribution < 1.29 is 23.0 Å². The van der Waals surface area contributed by atoms with Crippen molar-refractivity contribution in [3.05, 3.63) is 0 Å². The van der Waals surface area contributed by atoms with E-state index in [2.05, 4.69) is 10.2 Å². The van der Waals surface area contributed by atoms with Crippen molar-refractivity contribution in [2.75, 3.05) is 45.9 Å². The summed E-state index contributed by atoms with van der Waals surface area (Å²) in [6.45, 7) is 4.54. The van der Waals surface area contributed by atoms with Crippen LogP contribution in [0.1, 0.15) is 19.3 Å². The number of rotatable bonds is 8. The van der Waals surface area contributed by atoms with Crippen molar-refractivity contribution in [1.29, 1.82) is 0 Å². The van der Waals surface area contributed by atoms with Gasteiger partial charge in [-0.3, -0.25) is 4.90 Å². The Hall–Kier alpha value is -0.370. The van der Waals surface area contributed by atoms with Crippen LogP contribution in [0.3, 0.4) is 0 Å². The number of ether oxygens (including phenoxy) is 1. The van der Waals surface area contributed by atoms with Gasteiger partial charge in [-0.15, -0.1) is 0 Å². The molecule has 1 atom stereocenters. The molecule has 0 aromatic rings. The highest BCUT2D eigenvalue weighted by Gasteiger charge is 2.25. The van der Waals surface area contributed by atoms with Gasteiger partial charge >= 0.3 is 6.18 Å². The molecule has 1 unspecified atom stereocenters. The van der Waals surface area contributed by atoms with Crippen LogP contribution >= 0.6 is 0 Å². The van der Waals surface area contributed by atoms with Gasteiger partial charge in [0.15, 0.2) is 0 Å². The highest BCUT2D eigenvalue weighted by molar-refractivity contribution is 4.69. The number of nitrogens with zero attached hydrogens (tertiary/aromatic N) is 1. The van der Waals surface area contributed by atoms with E-state index in [0.717, 1.165) is 13.1 Å². The monoisotopic (exact) mass is 284 g/mol. The number of aliphatic hydroxyl groups excluding tert-OH is 1. The second-order valence-electron chi connectivity index (χ2n) is 4.84. The predicted octanol–water partition coefficient (Wildman–Crippen LogP) is 1.00. The molecule has 0 aromatic heterocycles. The normalized spacial score (nSPS) is 19.6. The summed E-state index contributed by atoms with van der Waals surface area (Å²) in [6.07, 6.45) is -4.67. The van der Waals surface area contributed by atoms with Gasteiger partial charge in [0.05, 0.1) is 19.3 Å². The van der Waals surface area contributed by atoms with Crippen LogP contribution in [0, 0.1) is 0 Å². The van der Waals surface area contributed by atoms with Crippen LogP contribution in [0.2, 0.25) is 0 Å². The van der Waals surface area contributed by atoms with Gasteiger partial charge in [-0.05, 0) is 19.4 Å². The molecule has 19 heavy (non-hydrogen) atoms. The van der Waals surface area contributed by atoms with Gasteiger partial charge in [-0.1, -0.05) is 0 Å². The molecule has 1 aliphatic rings. The first-order valence-corrected chi connectivity index (χ1v) is 6.73. The second kappa shape index (κ2) is 8.73. The van der Waals surface area contributed by atoms with Gasteiger partial charge in [0.2, 0.25) is 0 Å². The quantitative estimate of drug-likeness (QED) is 0.653. The Bertz CT molecular complexity index is 234. The van der Waals surface area contributed by atoms with Crippen molar-refractivity contribution in [2.45, 2.75) is 31.5 Å². The van der Waals surface area contributed by atoms with Crippen LogP contribution in [0.5, 0.6) is 0 Å². The highest BCUT2D eigenvalue weighted by atomic mass is 19.4. The van der Waals surface area contributed by atoms with Crippen molar-refractivity contribution in [3.63, 3.8) is 0 Å². The van der Waals surface area contributed by atoms with Crippen LogP contribution in [0.15, 0.2) is 0 Å². The Balaban J connectivity index is 1.93. The van der Waals surface area contributed by atoms with Gasteiger partial charge in [0.1, 0.15) is 0 Å². The molecule has 0 amide bonds. The molecule has 2 N–H and O–H groups in total. The highest BCUT2D eigenvalue weighted by Crippen LogP contribution is 2.21. The summed E-state index contributed by atoms with van der Waals surface area (Å²) in [6, 6.07) is 0. The lowest BCUT2D eigenvalue weighted by molar-refractivity contribution is -0.135. The summed E-state index contributed by atoms with van der Waals surface area (Å²) in [5, 5.41) is 12.7. The van der Waals surface area contributed by atoms with E-state index in [1.165, 1.54) is 0 Å². The molecule has 1 saturated heterocycles. The number of nitrogens with one attached hydrogen (secondary N) is 1. The van der Waals surface area contributed by atoms with Crippen molar-refractivity contribution in [3.8, 4) is 0 Å². The third-order valence-corrected chi connectivity index (χ3v) is 3.02. The zero-order valence-electron chi connectivity index (χ0n) is 11.1. The number of hydrogen-bond acceptors (Lipinski definition) is 4. The minimum Gasteiger partial charge on any atom is -0.390 e. The molecule has 0 radical (unpaired) electrons. The zero-order valence-corrected chi connectivity index (χ0v) is 11.1. The SMILES string of the molecule is OC(CNCCCCC(F)(F)F)CN1CCOCC1. The van der Waals surface area contributed by atoms with E-state index >= 15 is 0 Å². The summed E-state index contributed by atoms with van der Waals surface area (Å²) in [5.74, 6) is 0. The Labute approximate surface area is 111 Å². The number of halogens is 3. The lowest BCUT2D eigenvalue weighted by Gasteiger charge is -2.28. The number of β-amino-alcohol motifs (C(OH)–C–C–N with tert-alkyl or cyclic N) is 1. The van der Waals surface area contributed by atoms with E-state index in [0.29, 0.717) is 39.3 Å². The number of morpholine rings is 1. The van der Waals surface area contributed by atoms with Crippen molar-refractivity contribution in [2.24, 2.45) is 0 Å². The van der Waals surface area contributed by atoms with Gasteiger partial charge in [0.25, 0.3) is 0 Å². The Morgan fingerprint density at radius 1 is 1.21 bits per heavy atom. The minimum atomic E-state index is -4.06. The maximum Gasteiger partial charge on any atom is 0.389 e. The maximum absolute atomic E-state index is 11.9. The number of hydrogen-bond donors (Lipinski definition) is 2. The molecule has 0 spiro atoms. The standard InChI is InChI=1S/C12H23F3N2O2/c13-12(14,15)3-1-2-4-16-9-11(18)10-17-5-7-19-8-6-17/h11,16,18H,1-10H2. The van der Waals surface area contributed by atoms with Crippen LogP contribution < -0.4 is 5.32 Å². The van der Waals surface area contributed by atoms with E-state index in [9.17, 15) is 18.3 Å². The average Bonchev–Trinajstić information content (AvgIpc) is 2.33. The third kappa shape index (κ3) is 9.21. The molecule has 0 aliphatic carbocycles. The lowest BCUT2D eigenvalue weighted by atomic mass is 10.2. The first kappa shape index (κ1) is 16.7. The molecule has 1 heterocycles. The summed E-state index contributed by atoms with van der Waals surface area (Å²) >= 11 is 0. The van der Waals surface area contributed by atoms with Crippen LogP contribution in [-0.2, 0) is 4.74 Å². The maximum atomic E-state index is 11.9. The Kier molecular flexibility index (Phi) is 7.67. The molecule has 1 fully saturated rings. The fraction of sp³-hybridized carbons (Fsp3) is 1.00. The Morgan fingerprint density at radius 2 is 1.89 bits per heavy atom. The van der Waals surface area contributed by atoms with E-state index in [1.807, 2.05) is 0 Å². The predicted molar refractivity (Wildman–Crippen MR) is 66.0 cm³/mol. The molecular weight excluding hydrogens is 261 g/mol. The van der Waals surface area contributed by atoms with E-state index in [4.69, 9.17) is 4.74 Å². The summed E-state index contributed by atoms with van der Waals surface area (Å²) in [7, 11) is 0. The number of aliphatic hydroxyl groups is 1. The molecule has 0 saturated carbocycles. The molecule has 114 valence electrons. The lowest BCUT2D eigenvalue weighted by Crippen LogP contribution is -2.43. The summed E-state index contributed by atoms with van der Waals surface area (Å²) in [5.41, 5.74) is 0. The van der Waals surface area contributed by atoms with Gasteiger partial charge in [-0.25, -0.2) is 0 Å². The van der Waals surface area contributed by atoms with Crippen molar-refractivity contribution in [1.82, 2.24) is 10.2 Å². The summed E-state index contributed by atoms with van der Waals surface area (Å²) in [4.78, 5) is 2.12. The van der Waals surface area contributed by atoms with Gasteiger partial charge in [0, 0.05) is 32.6 Å². The van der Waals surface area contributed by atoms with Crippen LogP contribution in [-0.4, -0.2) is 68.2 Å². The average molecular weight is 284 g/mol. The molecule has 4 nitrogen and oxygen atoms in total. The van der Waals surface area contributed by atoms with Gasteiger partial charge in [-0.2, -0.15) is 13.2 Å². The largest absolute Gasteiger partial charge is 0.390 e.